The number of ether oxygens (including phenoxy) is 1. The number of nitrogens with zero attached hydrogens (tertiary/aromatic N) is 5. The van der Waals surface area contributed by atoms with E-state index < -0.39 is 5.60 Å². The van der Waals surface area contributed by atoms with E-state index in [0.717, 1.165) is 37.4 Å². The highest BCUT2D eigenvalue weighted by molar-refractivity contribution is 7.09. The Bertz CT molecular complexity index is 1130. The number of thiazole rings is 1. The van der Waals surface area contributed by atoms with Crippen LogP contribution >= 0.6 is 22.9 Å². The molecular weight excluding hydrogens is 448 g/mol. The molecule has 168 valence electrons. The predicted octanol–water partition coefficient (Wildman–Crippen LogP) is 2.78. The van der Waals surface area contributed by atoms with E-state index in [-0.39, 0.29) is 11.4 Å². The monoisotopic (exact) mass is 472 g/mol. The number of rotatable bonds is 6. The largest absolute Gasteiger partial charge is 0.383 e. The minimum absolute atomic E-state index is 0.0440. The van der Waals surface area contributed by atoms with E-state index in [9.17, 15) is 5.11 Å². The number of likely N-dealkylation sites (tertiary alicyclic amines) is 1. The first-order chi connectivity index (χ1) is 15.3. The number of halogens is 1. The molecule has 32 heavy (non-hydrogen) atoms. The molecule has 0 amide bonds. The van der Waals surface area contributed by atoms with Crippen LogP contribution < -0.4 is 10.6 Å². The van der Waals surface area contributed by atoms with Crippen molar-refractivity contribution in [2.45, 2.75) is 17.9 Å². The summed E-state index contributed by atoms with van der Waals surface area (Å²) in [6, 6.07) is 6.15. The van der Waals surface area contributed by atoms with E-state index in [1.165, 1.54) is 23.1 Å². The van der Waals surface area contributed by atoms with Gasteiger partial charge in [0.05, 0.1) is 12.8 Å². The summed E-state index contributed by atoms with van der Waals surface area (Å²) in [4.78, 5) is 17.3. The minimum atomic E-state index is -1.21. The molecule has 3 N–H and O–H groups in total. The number of aliphatic hydroxyl groups is 1. The topological polar surface area (TPSA) is 101 Å². The molecule has 0 saturated carbocycles. The summed E-state index contributed by atoms with van der Waals surface area (Å²) < 4.78 is 5.24. The molecule has 1 aromatic carbocycles. The van der Waals surface area contributed by atoms with Crippen molar-refractivity contribution in [2.24, 2.45) is 0 Å². The Labute approximate surface area is 195 Å². The number of benzene rings is 1. The van der Waals surface area contributed by atoms with Crippen LogP contribution in [-0.2, 0) is 15.8 Å². The fourth-order valence-electron chi connectivity index (χ4n) is 4.77. The molecule has 4 heterocycles. The fraction of sp³-hybridized carbons (Fsp3) is 0.409. The Kier molecular flexibility index (Phi) is 5.34. The molecule has 8 nitrogen and oxygen atoms in total. The first-order valence-electron chi connectivity index (χ1n) is 10.4. The number of fused-ring (bicyclic) bond motifs is 2. The van der Waals surface area contributed by atoms with E-state index in [1.54, 1.807) is 20.2 Å². The second-order valence-electron chi connectivity index (χ2n) is 8.61. The van der Waals surface area contributed by atoms with Gasteiger partial charge in [0.25, 0.3) is 0 Å². The van der Waals surface area contributed by atoms with Crippen LogP contribution in [0.5, 0.6) is 0 Å². The first-order valence-corrected chi connectivity index (χ1v) is 11.6. The Morgan fingerprint density at radius 3 is 2.84 bits per heavy atom. The van der Waals surface area contributed by atoms with Gasteiger partial charge in [-0.2, -0.15) is 4.98 Å². The second kappa shape index (κ2) is 7.93. The SMILES string of the molecule is COCCN1CC2(C1)CN(c1nc(N)ncc1Cl)c1cc([C@@](C)(O)c3nccs3)ccc12. The third-order valence-electron chi connectivity index (χ3n) is 6.40. The van der Waals surface area contributed by atoms with Crippen LogP contribution in [0.1, 0.15) is 23.1 Å². The number of anilines is 3. The molecular formula is C22H25ClN6O2S. The number of nitrogens with two attached hydrogens (primary N) is 1. The van der Waals surface area contributed by atoms with Gasteiger partial charge in [-0.25, -0.2) is 9.97 Å². The summed E-state index contributed by atoms with van der Waals surface area (Å²) in [5.74, 6) is 0.756. The van der Waals surface area contributed by atoms with E-state index in [2.05, 4.69) is 30.8 Å². The van der Waals surface area contributed by atoms with E-state index >= 15 is 0 Å². The van der Waals surface area contributed by atoms with Gasteiger partial charge in [-0.3, -0.25) is 4.90 Å². The average Bonchev–Trinajstić information content (AvgIpc) is 3.40. The molecule has 1 spiro atoms. The molecule has 0 aliphatic carbocycles. The summed E-state index contributed by atoms with van der Waals surface area (Å²) in [6.45, 7) is 5.93. The molecule has 1 saturated heterocycles. The average molecular weight is 473 g/mol. The lowest BCUT2D eigenvalue weighted by Crippen LogP contribution is -2.61. The first kappa shape index (κ1) is 21.5. The third-order valence-corrected chi connectivity index (χ3v) is 7.65. The maximum Gasteiger partial charge on any atom is 0.222 e. The molecule has 0 unspecified atom stereocenters. The zero-order chi connectivity index (χ0) is 22.5. The Balaban J connectivity index is 1.57. The van der Waals surface area contributed by atoms with Gasteiger partial charge in [-0.05, 0) is 24.1 Å². The van der Waals surface area contributed by atoms with Crippen molar-refractivity contribution in [3.8, 4) is 0 Å². The highest BCUT2D eigenvalue weighted by atomic mass is 35.5. The van der Waals surface area contributed by atoms with Gasteiger partial charge in [-0.1, -0.05) is 23.7 Å². The highest BCUT2D eigenvalue weighted by Gasteiger charge is 2.52. The Morgan fingerprint density at radius 2 is 2.12 bits per heavy atom. The van der Waals surface area contributed by atoms with Gasteiger partial charge in [0.15, 0.2) is 5.82 Å². The zero-order valence-corrected chi connectivity index (χ0v) is 19.5. The van der Waals surface area contributed by atoms with Crippen LogP contribution in [0.2, 0.25) is 5.02 Å². The van der Waals surface area contributed by atoms with E-state index in [0.29, 0.717) is 22.5 Å². The van der Waals surface area contributed by atoms with Gasteiger partial charge in [0, 0.05) is 56.0 Å². The summed E-state index contributed by atoms with van der Waals surface area (Å²) in [5, 5.41) is 14.3. The van der Waals surface area contributed by atoms with E-state index in [1.807, 2.05) is 17.5 Å². The van der Waals surface area contributed by atoms with Crippen molar-refractivity contribution < 1.29 is 9.84 Å². The standard InChI is InChI=1S/C22H25ClN6O2S/c1-21(30,19-25-5-8-32-19)14-3-4-15-17(9-14)29(18-16(23)10-26-20(24)27-18)13-22(15)11-28(12-22)6-7-31-2/h3-5,8-10,30H,6-7,11-13H2,1-2H3,(H2,24,26,27)/t21-/m1/s1. The lowest BCUT2D eigenvalue weighted by molar-refractivity contribution is 0.0478. The molecule has 2 aromatic heterocycles. The van der Waals surface area contributed by atoms with Crippen molar-refractivity contribution in [1.29, 1.82) is 0 Å². The molecule has 1 atom stereocenters. The van der Waals surface area contributed by atoms with Gasteiger partial charge in [0.2, 0.25) is 5.95 Å². The number of aromatic nitrogens is 3. The van der Waals surface area contributed by atoms with Crippen LogP contribution in [-0.4, -0.2) is 64.9 Å². The molecule has 0 radical (unpaired) electrons. The second-order valence-corrected chi connectivity index (χ2v) is 9.91. The highest BCUT2D eigenvalue weighted by Crippen LogP contribution is 2.51. The number of hydrogen-bond donors (Lipinski definition) is 2. The maximum absolute atomic E-state index is 11.3. The summed E-state index contributed by atoms with van der Waals surface area (Å²) in [6.07, 6.45) is 3.24. The molecule has 5 rings (SSSR count). The molecule has 2 aliphatic rings. The smallest absolute Gasteiger partial charge is 0.222 e. The summed E-state index contributed by atoms with van der Waals surface area (Å²) in [7, 11) is 1.72. The van der Waals surface area contributed by atoms with Gasteiger partial charge < -0.3 is 20.5 Å². The van der Waals surface area contributed by atoms with Gasteiger partial charge in [-0.15, -0.1) is 11.3 Å². The van der Waals surface area contributed by atoms with Crippen molar-refractivity contribution in [1.82, 2.24) is 19.9 Å². The van der Waals surface area contributed by atoms with Crippen molar-refractivity contribution in [3.63, 3.8) is 0 Å². The van der Waals surface area contributed by atoms with Crippen LogP contribution in [0.15, 0.2) is 36.0 Å². The molecule has 10 heteroatoms. The molecule has 0 bridgehead atoms. The van der Waals surface area contributed by atoms with Crippen molar-refractivity contribution in [3.05, 3.63) is 57.1 Å². The maximum atomic E-state index is 11.3. The number of nitrogen functional groups attached to an aromatic ring is 1. The number of methoxy groups -OCH3 is 1. The fourth-order valence-corrected chi connectivity index (χ4v) is 5.69. The lowest BCUT2D eigenvalue weighted by Gasteiger charge is -2.48. The lowest BCUT2D eigenvalue weighted by atomic mass is 9.75. The third kappa shape index (κ3) is 3.45. The van der Waals surface area contributed by atoms with Crippen LogP contribution in [0, 0.1) is 0 Å². The Morgan fingerprint density at radius 1 is 1.31 bits per heavy atom. The summed E-state index contributed by atoms with van der Waals surface area (Å²) >= 11 is 7.93. The van der Waals surface area contributed by atoms with Crippen LogP contribution in [0.3, 0.4) is 0 Å². The molecule has 2 aliphatic heterocycles. The van der Waals surface area contributed by atoms with Crippen molar-refractivity contribution in [2.75, 3.05) is 50.5 Å². The van der Waals surface area contributed by atoms with Gasteiger partial charge in [0.1, 0.15) is 15.6 Å². The van der Waals surface area contributed by atoms with Gasteiger partial charge >= 0.3 is 0 Å². The number of hydrogen-bond acceptors (Lipinski definition) is 9. The van der Waals surface area contributed by atoms with E-state index in [4.69, 9.17) is 22.1 Å². The molecule has 3 aromatic rings. The van der Waals surface area contributed by atoms with Crippen molar-refractivity contribution >= 4 is 40.4 Å². The zero-order valence-electron chi connectivity index (χ0n) is 18.0. The van der Waals surface area contributed by atoms with Crippen LogP contribution in [0.25, 0.3) is 0 Å². The summed E-state index contributed by atoms with van der Waals surface area (Å²) in [5.41, 5.74) is 7.61. The predicted molar refractivity (Wildman–Crippen MR) is 126 cm³/mol. The van der Waals surface area contributed by atoms with Crippen LogP contribution in [0.4, 0.5) is 17.5 Å². The molecule has 1 fully saturated rings. The normalized spacial score (nSPS) is 19.1. The minimum Gasteiger partial charge on any atom is -0.383 e. The Hall–Kier alpha value is -2.30. The quantitative estimate of drug-likeness (QED) is 0.564.